The summed E-state index contributed by atoms with van der Waals surface area (Å²) in [4.78, 5) is 6.49. The molecule has 4 rings (SSSR count). The maximum Gasteiger partial charge on any atom is 0.205 e. The number of nitrogens with zero attached hydrogens (tertiary/aromatic N) is 2. The predicted octanol–water partition coefficient (Wildman–Crippen LogP) is 5.79. The molecule has 1 saturated heterocycles. The van der Waals surface area contributed by atoms with Crippen LogP contribution in [0.4, 0.5) is 5.69 Å². The van der Waals surface area contributed by atoms with Crippen molar-refractivity contribution in [1.29, 1.82) is 0 Å². The van der Waals surface area contributed by atoms with Crippen molar-refractivity contribution in [3.05, 3.63) is 45.9 Å². The maximum absolute atomic E-state index is 11.9. The van der Waals surface area contributed by atoms with Gasteiger partial charge < -0.3 is 9.64 Å². The van der Waals surface area contributed by atoms with Gasteiger partial charge in [0.2, 0.25) is 5.75 Å². The Labute approximate surface area is 159 Å². The number of halogens is 2. The van der Waals surface area contributed by atoms with Crippen LogP contribution in [0.3, 0.4) is 0 Å². The summed E-state index contributed by atoms with van der Waals surface area (Å²) >= 11 is 13.6. The summed E-state index contributed by atoms with van der Waals surface area (Å²) in [5, 5.41) is 13.0. The first-order valence-corrected chi connectivity index (χ1v) is 9.65. The molecule has 0 bridgehead atoms. The van der Waals surface area contributed by atoms with Crippen LogP contribution in [0.5, 0.6) is 11.5 Å². The van der Waals surface area contributed by atoms with Crippen LogP contribution >= 0.6 is 34.5 Å². The average molecular weight is 394 g/mol. The molecule has 3 aromatic rings. The number of fused-ring (bicyclic) bond motifs is 1. The van der Waals surface area contributed by atoms with Crippen molar-refractivity contribution in [3.63, 3.8) is 0 Å². The molecule has 1 aliphatic heterocycles. The van der Waals surface area contributed by atoms with Gasteiger partial charge in [0.25, 0.3) is 0 Å². The molecule has 0 amide bonds. The first kappa shape index (κ1) is 16.8. The van der Waals surface area contributed by atoms with E-state index in [1.54, 1.807) is 23.7 Å². The van der Waals surface area contributed by atoms with Crippen molar-refractivity contribution < 1.29 is 9.84 Å². The predicted molar refractivity (Wildman–Crippen MR) is 102 cm³/mol. The zero-order valence-electron chi connectivity index (χ0n) is 13.2. The van der Waals surface area contributed by atoms with Crippen LogP contribution in [0.15, 0.2) is 35.8 Å². The highest BCUT2D eigenvalue weighted by molar-refractivity contribution is 7.17. The number of hydrogen-bond acceptors (Lipinski definition) is 4. The number of anilines is 1. The Balaban J connectivity index is 1.46. The van der Waals surface area contributed by atoms with E-state index in [9.17, 15) is 5.11 Å². The first-order valence-electron chi connectivity index (χ1n) is 8.01. The van der Waals surface area contributed by atoms with E-state index in [2.05, 4.69) is 9.88 Å². The second-order valence-corrected chi connectivity index (χ2v) is 7.69. The number of piperidine rings is 1. The van der Waals surface area contributed by atoms with Gasteiger partial charge in [-0.2, -0.15) is 0 Å². The molecule has 0 atom stereocenters. The number of thiazole rings is 1. The van der Waals surface area contributed by atoms with Crippen molar-refractivity contribution >= 4 is 50.4 Å². The molecule has 0 aliphatic carbocycles. The van der Waals surface area contributed by atoms with Gasteiger partial charge in [-0.3, -0.25) is 5.11 Å². The molecule has 7 heteroatoms. The lowest BCUT2D eigenvalue weighted by molar-refractivity contribution is 0.171. The molecule has 2 aromatic carbocycles. The van der Waals surface area contributed by atoms with Crippen LogP contribution in [0.1, 0.15) is 12.8 Å². The van der Waals surface area contributed by atoms with Crippen LogP contribution in [0.25, 0.3) is 10.2 Å². The molecule has 1 aromatic heterocycles. The van der Waals surface area contributed by atoms with Gasteiger partial charge in [-0.05, 0) is 30.3 Å². The van der Waals surface area contributed by atoms with Crippen LogP contribution in [-0.2, 0) is 5.11 Å². The minimum Gasteiger partial charge on any atom is -0.489 e. The van der Waals surface area contributed by atoms with Crippen molar-refractivity contribution in [1.82, 2.24) is 4.98 Å². The Bertz CT molecular complexity index is 907. The van der Waals surface area contributed by atoms with Gasteiger partial charge in [0.1, 0.15) is 17.4 Å². The molecular weight excluding hydrogens is 379 g/mol. The Morgan fingerprint density at radius 3 is 2.72 bits per heavy atom. The molecule has 129 valence electrons. The maximum atomic E-state index is 11.9. The molecule has 1 aliphatic rings. The third kappa shape index (κ3) is 3.36. The minimum absolute atomic E-state index is 0.0180. The van der Waals surface area contributed by atoms with Gasteiger partial charge in [-0.15, -0.1) is 11.3 Å². The summed E-state index contributed by atoms with van der Waals surface area (Å²) in [7, 11) is 0. The Kier molecular flexibility index (Phi) is 4.63. The van der Waals surface area contributed by atoms with Crippen molar-refractivity contribution in [2.75, 3.05) is 18.0 Å². The van der Waals surface area contributed by atoms with E-state index in [4.69, 9.17) is 27.9 Å². The van der Waals surface area contributed by atoms with Gasteiger partial charge in [-0.25, -0.2) is 4.98 Å². The highest BCUT2D eigenvalue weighted by Gasteiger charge is 2.23. The lowest BCUT2D eigenvalue weighted by Crippen LogP contribution is -2.38. The van der Waals surface area contributed by atoms with E-state index < -0.39 is 0 Å². The number of aromatic nitrogens is 1. The SMILES string of the molecule is [O]c1ccc(N2CCC(Oc3ccc(Cl)cc3Cl)CC2)c2scnc12. The molecular formula is C18H15Cl2N2O2S. The lowest BCUT2D eigenvalue weighted by atomic mass is 10.1. The fraction of sp³-hybridized carbons (Fsp3) is 0.278. The molecule has 0 saturated carbocycles. The lowest BCUT2D eigenvalue weighted by Gasteiger charge is -2.34. The van der Waals surface area contributed by atoms with Crippen molar-refractivity contribution in [3.8, 4) is 11.5 Å². The number of benzene rings is 2. The summed E-state index contributed by atoms with van der Waals surface area (Å²) in [6.07, 6.45) is 1.89. The van der Waals surface area contributed by atoms with Crippen LogP contribution < -0.4 is 9.64 Å². The summed E-state index contributed by atoms with van der Waals surface area (Å²) in [5.74, 6) is 0.653. The Morgan fingerprint density at radius 2 is 1.96 bits per heavy atom. The summed E-state index contributed by atoms with van der Waals surface area (Å²) in [6.45, 7) is 1.72. The highest BCUT2D eigenvalue weighted by Crippen LogP contribution is 2.37. The topological polar surface area (TPSA) is 45.3 Å². The minimum atomic E-state index is -0.0180. The van der Waals surface area contributed by atoms with Crippen LogP contribution in [-0.4, -0.2) is 24.2 Å². The van der Waals surface area contributed by atoms with Gasteiger partial charge in [0.15, 0.2) is 0 Å². The van der Waals surface area contributed by atoms with Crippen LogP contribution in [0, 0.1) is 0 Å². The van der Waals surface area contributed by atoms with E-state index in [1.807, 2.05) is 12.1 Å². The molecule has 0 unspecified atom stereocenters. The van der Waals surface area contributed by atoms with E-state index >= 15 is 0 Å². The fourth-order valence-electron chi connectivity index (χ4n) is 3.13. The molecule has 1 fully saturated rings. The van der Waals surface area contributed by atoms with Crippen molar-refractivity contribution in [2.24, 2.45) is 0 Å². The third-order valence-corrected chi connectivity index (χ3v) is 5.78. The molecule has 0 spiro atoms. The summed E-state index contributed by atoms with van der Waals surface area (Å²) < 4.78 is 7.01. The largest absolute Gasteiger partial charge is 0.489 e. The normalized spacial score (nSPS) is 15.7. The smallest absolute Gasteiger partial charge is 0.205 e. The average Bonchev–Trinajstić information content (AvgIpc) is 3.09. The number of hydrogen-bond donors (Lipinski definition) is 0. The second kappa shape index (κ2) is 6.90. The molecule has 1 radical (unpaired) electrons. The molecule has 0 N–H and O–H groups in total. The summed E-state index contributed by atoms with van der Waals surface area (Å²) in [5.41, 5.74) is 3.38. The van der Waals surface area contributed by atoms with Gasteiger partial charge in [-0.1, -0.05) is 23.2 Å². The van der Waals surface area contributed by atoms with E-state index in [0.29, 0.717) is 21.3 Å². The van der Waals surface area contributed by atoms with E-state index in [0.717, 1.165) is 36.3 Å². The van der Waals surface area contributed by atoms with E-state index in [1.165, 1.54) is 11.3 Å². The van der Waals surface area contributed by atoms with Gasteiger partial charge in [0.05, 0.1) is 20.9 Å². The van der Waals surface area contributed by atoms with Gasteiger partial charge >= 0.3 is 0 Å². The Hall–Kier alpha value is -1.69. The first-order chi connectivity index (χ1) is 12.1. The third-order valence-electron chi connectivity index (χ3n) is 4.40. The molecule has 25 heavy (non-hydrogen) atoms. The number of ether oxygens (including phenoxy) is 1. The highest BCUT2D eigenvalue weighted by atomic mass is 35.5. The fourth-order valence-corrected chi connectivity index (χ4v) is 4.43. The zero-order chi connectivity index (χ0) is 17.4. The van der Waals surface area contributed by atoms with E-state index in [-0.39, 0.29) is 11.9 Å². The molecule has 4 nitrogen and oxygen atoms in total. The monoisotopic (exact) mass is 393 g/mol. The second-order valence-electron chi connectivity index (χ2n) is 5.99. The molecule has 2 heterocycles. The zero-order valence-corrected chi connectivity index (χ0v) is 15.6. The van der Waals surface area contributed by atoms with Crippen molar-refractivity contribution in [2.45, 2.75) is 18.9 Å². The Morgan fingerprint density at radius 1 is 1.16 bits per heavy atom. The number of rotatable bonds is 3. The quantitative estimate of drug-likeness (QED) is 0.565. The standard InChI is InChI=1S/C18H15Cl2N2O2S/c19-11-1-4-16(13(20)9-11)24-12-5-7-22(8-6-12)14-2-3-15(23)17-18(14)25-10-21-17/h1-4,9-10,12H,5-8H2. The van der Waals surface area contributed by atoms with Gasteiger partial charge in [0, 0.05) is 31.0 Å². The summed E-state index contributed by atoms with van der Waals surface area (Å²) in [6, 6.07) is 8.79. The van der Waals surface area contributed by atoms with Crippen LogP contribution in [0.2, 0.25) is 10.0 Å².